The molecule has 23 heteroatoms. The molecule has 2 aliphatic heterocycles. The fourth-order valence-electron chi connectivity index (χ4n) is 13.4. The van der Waals surface area contributed by atoms with Gasteiger partial charge < -0.3 is 86.3 Å². The number of ketones is 1. The lowest BCUT2D eigenvalue weighted by atomic mass is 9.77. The zero-order valence-electron chi connectivity index (χ0n) is 64.5. The number of hydrogen-bond donors (Lipinski definition) is 14. The van der Waals surface area contributed by atoms with E-state index in [4.69, 9.17) is 14.2 Å². The van der Waals surface area contributed by atoms with E-state index in [1.165, 1.54) is 45.1 Å². The minimum Gasteiger partial charge on any atom is -0.479 e. The van der Waals surface area contributed by atoms with Crippen LogP contribution in [0.3, 0.4) is 0 Å². The van der Waals surface area contributed by atoms with Crippen LogP contribution in [-0.4, -0.2) is 202 Å². The zero-order valence-corrected chi connectivity index (χ0v) is 64.5. The molecular formula is C79H131N3O20. The van der Waals surface area contributed by atoms with Gasteiger partial charge in [-0.2, -0.15) is 0 Å². The summed E-state index contributed by atoms with van der Waals surface area (Å²) in [6.07, 6.45) is 8.19. The minimum absolute atomic E-state index is 0.00108. The third-order valence-corrected chi connectivity index (χ3v) is 20.4. The first-order valence-corrected chi connectivity index (χ1v) is 36.6. The van der Waals surface area contributed by atoms with Gasteiger partial charge in [0, 0.05) is 54.1 Å². The smallest absolute Gasteiger partial charge is 0.335 e. The van der Waals surface area contributed by atoms with Gasteiger partial charge in [0.1, 0.15) is 18.0 Å². The van der Waals surface area contributed by atoms with E-state index in [-0.39, 0.29) is 67.5 Å². The highest BCUT2D eigenvalue weighted by molar-refractivity contribution is 5.94. The Hall–Kier alpha value is -5.54. The average Bonchev–Trinajstić information content (AvgIpc) is 0.843. The highest BCUT2D eigenvalue weighted by Crippen LogP contribution is 2.35. The summed E-state index contributed by atoms with van der Waals surface area (Å²) >= 11 is 0. The van der Waals surface area contributed by atoms with Crippen molar-refractivity contribution in [2.24, 2.45) is 64.1 Å². The predicted molar refractivity (Wildman–Crippen MR) is 393 cm³/mol. The molecule has 23 nitrogen and oxygen atoms in total. The van der Waals surface area contributed by atoms with E-state index in [9.17, 15) is 84.9 Å². The summed E-state index contributed by atoms with van der Waals surface area (Å²) in [5, 5.41) is 132. The van der Waals surface area contributed by atoms with Gasteiger partial charge in [0.05, 0.1) is 85.1 Å². The van der Waals surface area contributed by atoms with E-state index in [1.807, 2.05) is 52.0 Å². The number of rotatable bonds is 27. The van der Waals surface area contributed by atoms with Crippen LogP contribution in [0.25, 0.3) is 0 Å². The Morgan fingerprint density at radius 1 is 0.775 bits per heavy atom. The standard InChI is InChI=1S/C79H131N3O20/c1-43(2)37-57(80-64(87)35-36-78(16,17)73(94)54(14)67(88)44(3)4)74(95)79(18,19)42-50(10)69(90)46(6)31-33-58(84)52(12)75(96)82-65(55(15)83)71(92)53(13)60-34-32-47(7)68(89)48(8)40-49(9)70(91)51(11)59(85)41-56-38-45(5)39-62(101-56)61(100-20)29-27-25-23-21-22-24-26-28-30-63(86)81-66(77(99)102-60)72(93)76(97)98/h23-30,32,35-36,40,42-46,48,51-62,65-72,74,83-85,88-93,95H,21-22,31,33-34,37-39,41H2,1-20H3,(H,80,87)(H,81,86)(H,82,96)(H,97,98)/b25-23+,26-24-,29-27+,30-28+,36-35+,47-32+,49-40-,50-42+/t45-,46?,48?,51?,52?,53?,54?,55?,56-,57?,58?,59?,60?,61?,62-,65?,66?,67?,68?,69?,70?,71?,72?,74?/m0/s1. The number of cyclic esters (lactones) is 1. The summed E-state index contributed by atoms with van der Waals surface area (Å²) in [4.78, 5) is 80.6. The van der Waals surface area contributed by atoms with Gasteiger partial charge in [0.2, 0.25) is 17.7 Å². The molecule has 0 saturated carbocycles. The van der Waals surface area contributed by atoms with Crippen LogP contribution in [-0.2, 0) is 43.0 Å². The van der Waals surface area contributed by atoms with Crippen molar-refractivity contribution in [3.05, 3.63) is 95.7 Å². The molecule has 102 heavy (non-hydrogen) atoms. The summed E-state index contributed by atoms with van der Waals surface area (Å²) in [6, 6.07) is -4.46. The number of nitrogens with one attached hydrogen (secondary N) is 3. The van der Waals surface area contributed by atoms with Gasteiger partial charge >= 0.3 is 11.9 Å². The second-order valence-corrected chi connectivity index (χ2v) is 31.3. The molecular weight excluding hydrogens is 1310 g/mol. The van der Waals surface area contributed by atoms with Gasteiger partial charge in [-0.1, -0.05) is 157 Å². The van der Waals surface area contributed by atoms with Crippen molar-refractivity contribution in [3.8, 4) is 0 Å². The van der Waals surface area contributed by atoms with Crippen molar-refractivity contribution < 1.29 is 99.1 Å². The number of carboxylic acid groups (broad SMARTS) is 1. The summed E-state index contributed by atoms with van der Waals surface area (Å²) in [5.74, 6) is -10.6. The molecule has 0 spiro atoms. The number of methoxy groups -OCH3 is 1. The van der Waals surface area contributed by atoms with Crippen LogP contribution < -0.4 is 16.0 Å². The number of hydrogen-bond acceptors (Lipinski definition) is 19. The highest BCUT2D eigenvalue weighted by atomic mass is 16.6. The van der Waals surface area contributed by atoms with Gasteiger partial charge in [0.25, 0.3) is 0 Å². The molecule has 0 aromatic heterocycles. The Balaban J connectivity index is 2.47. The Morgan fingerprint density at radius 3 is 1.95 bits per heavy atom. The molecule has 21 unspecified atom stereocenters. The van der Waals surface area contributed by atoms with Crippen molar-refractivity contribution in [2.75, 3.05) is 7.11 Å². The van der Waals surface area contributed by atoms with Crippen LogP contribution in [0, 0.1) is 64.1 Å². The summed E-state index contributed by atoms with van der Waals surface area (Å²) in [7, 11) is 1.61. The lowest BCUT2D eigenvalue weighted by Crippen LogP contribution is -2.57. The monoisotopic (exact) mass is 1440 g/mol. The number of aliphatic carboxylic acids is 1. The molecule has 24 atom stereocenters. The summed E-state index contributed by atoms with van der Waals surface area (Å²) < 4.78 is 18.2. The average molecular weight is 1440 g/mol. The summed E-state index contributed by atoms with van der Waals surface area (Å²) in [6.45, 7) is 32.5. The second-order valence-electron chi connectivity index (χ2n) is 31.3. The number of esters is 1. The maximum atomic E-state index is 14.2. The first-order valence-electron chi connectivity index (χ1n) is 36.6. The fraction of sp³-hybridized carbons (Fsp3) is 0.722. The zero-order chi connectivity index (χ0) is 78.0. The number of amides is 3. The van der Waals surface area contributed by atoms with E-state index in [0.29, 0.717) is 42.4 Å². The molecule has 1 fully saturated rings. The van der Waals surface area contributed by atoms with Crippen LogP contribution in [0.4, 0.5) is 0 Å². The molecule has 2 aliphatic rings. The van der Waals surface area contributed by atoms with Gasteiger partial charge in [0.15, 0.2) is 12.1 Å². The minimum atomic E-state index is -2.53. The van der Waals surface area contributed by atoms with E-state index in [0.717, 1.165) is 12.5 Å². The number of aliphatic hydroxyl groups is 10. The van der Waals surface area contributed by atoms with Crippen molar-refractivity contribution in [1.82, 2.24) is 16.0 Å². The Bertz CT molecular complexity index is 2890. The van der Waals surface area contributed by atoms with Crippen LogP contribution in [0.15, 0.2) is 95.7 Å². The molecule has 3 amide bonds. The molecule has 0 radical (unpaired) electrons. The number of carboxylic acids is 1. The highest BCUT2D eigenvalue weighted by Gasteiger charge is 2.43. The lowest BCUT2D eigenvalue weighted by molar-refractivity contribution is -0.167. The molecule has 582 valence electrons. The van der Waals surface area contributed by atoms with Crippen molar-refractivity contribution in [1.29, 1.82) is 0 Å². The topological polar surface area (TPSA) is 389 Å². The van der Waals surface area contributed by atoms with E-state index in [1.54, 1.807) is 108 Å². The first-order chi connectivity index (χ1) is 47.3. The molecule has 0 aromatic rings. The van der Waals surface area contributed by atoms with Crippen molar-refractivity contribution in [2.45, 2.75) is 293 Å². The molecule has 1 saturated heterocycles. The molecule has 2 heterocycles. The number of fused-ring (bicyclic) bond motifs is 2. The number of allylic oxidation sites excluding steroid dienone is 7. The molecule has 14 N–H and O–H groups in total. The number of carbonyl (C=O) groups excluding carboxylic acids is 5. The van der Waals surface area contributed by atoms with E-state index < -0.39 is 161 Å². The van der Waals surface area contributed by atoms with Gasteiger partial charge in [-0.25, -0.2) is 9.59 Å². The van der Waals surface area contributed by atoms with E-state index in [2.05, 4.69) is 22.9 Å². The van der Waals surface area contributed by atoms with Crippen molar-refractivity contribution >= 4 is 35.4 Å². The Labute approximate surface area is 607 Å². The predicted octanol–water partition coefficient (Wildman–Crippen LogP) is 7.38. The maximum absolute atomic E-state index is 14.2. The van der Waals surface area contributed by atoms with Crippen LogP contribution in [0.2, 0.25) is 0 Å². The van der Waals surface area contributed by atoms with Crippen molar-refractivity contribution in [3.63, 3.8) is 0 Å². The van der Waals surface area contributed by atoms with Crippen LogP contribution >= 0.6 is 0 Å². The third kappa shape index (κ3) is 29.8. The number of carbonyl (C=O) groups is 6. The molecule has 2 rings (SSSR count). The Kier molecular flexibility index (Phi) is 39.7. The normalized spacial score (nSPS) is 30.4. The molecule has 0 aromatic carbocycles. The summed E-state index contributed by atoms with van der Waals surface area (Å²) in [5.41, 5.74) is -0.795. The fourth-order valence-corrected chi connectivity index (χ4v) is 13.4. The quantitative estimate of drug-likeness (QED) is 0.0217. The Morgan fingerprint density at radius 2 is 1.38 bits per heavy atom. The number of Topliss-reactive ketones (excluding diaryl/α,β-unsaturated/α-hetero) is 1. The van der Waals surface area contributed by atoms with Crippen LogP contribution in [0.5, 0.6) is 0 Å². The maximum Gasteiger partial charge on any atom is 0.335 e. The van der Waals surface area contributed by atoms with Gasteiger partial charge in [-0.15, -0.1) is 0 Å². The second kappa shape index (κ2) is 43.8. The SMILES string of the molecule is COC1/C=C/C=C/CC/C=C\C=C\C(=O)NC(C(O)C(=O)O)C(=O)OC(C(C)C(O)C(NC(=O)C(C)C(O)CCC(C)C(O)/C(C)=C/C(C)(C)C(O)C(CC(C)C)NC(=O)/C=C/C(C)(C)C(=O)C(C)C(O)C(C)C)C(C)O)C/C=C(\C)C(O)C(C)/C=C(/C)C(O)C(C)C(O)C[C@@H]2C[C@H](C)C[C@@H]1O2. The van der Waals surface area contributed by atoms with Gasteiger partial charge in [-0.05, 0) is 139 Å². The molecule has 2 bridgehead atoms. The number of aliphatic hydroxyl groups excluding tert-OH is 10. The lowest BCUT2D eigenvalue weighted by Gasteiger charge is -2.38. The largest absolute Gasteiger partial charge is 0.479 e. The number of ether oxygens (including phenoxy) is 3. The van der Waals surface area contributed by atoms with Crippen LogP contribution in [0.1, 0.15) is 189 Å². The van der Waals surface area contributed by atoms with Gasteiger partial charge in [-0.3, -0.25) is 19.2 Å². The molecule has 0 aliphatic carbocycles. The third-order valence-electron chi connectivity index (χ3n) is 20.4. The first kappa shape index (κ1) is 92.5. The van der Waals surface area contributed by atoms with E-state index >= 15 is 0 Å².